The van der Waals surface area contributed by atoms with E-state index in [4.69, 9.17) is 0 Å². The van der Waals surface area contributed by atoms with E-state index in [1.807, 2.05) is 11.8 Å². The predicted octanol–water partition coefficient (Wildman–Crippen LogP) is 4.56. The SMILES string of the molecule is CCSc1cccc(CNC(C(=O)O)C(C2CCC2)C2CCC2)c1. The number of nitrogens with one attached hydrogen (secondary N) is 1. The molecule has 2 aliphatic rings. The Morgan fingerprint density at radius 3 is 2.42 bits per heavy atom. The summed E-state index contributed by atoms with van der Waals surface area (Å²) < 4.78 is 0. The van der Waals surface area contributed by atoms with Gasteiger partial charge in [-0.25, -0.2) is 0 Å². The van der Waals surface area contributed by atoms with Crippen LogP contribution in [-0.4, -0.2) is 22.9 Å². The summed E-state index contributed by atoms with van der Waals surface area (Å²) >= 11 is 1.83. The molecule has 1 aromatic carbocycles. The monoisotopic (exact) mass is 347 g/mol. The van der Waals surface area contributed by atoms with Crippen molar-refractivity contribution in [1.29, 1.82) is 0 Å². The molecule has 0 heterocycles. The molecule has 24 heavy (non-hydrogen) atoms. The molecule has 0 radical (unpaired) electrons. The Labute approximate surface area is 149 Å². The highest BCUT2D eigenvalue weighted by Crippen LogP contribution is 2.46. The lowest BCUT2D eigenvalue weighted by Crippen LogP contribution is -2.50. The fraction of sp³-hybridized carbons (Fsp3) is 0.650. The Morgan fingerprint density at radius 2 is 1.92 bits per heavy atom. The zero-order chi connectivity index (χ0) is 16.9. The van der Waals surface area contributed by atoms with Crippen molar-refractivity contribution >= 4 is 17.7 Å². The zero-order valence-corrected chi connectivity index (χ0v) is 15.4. The highest BCUT2D eigenvalue weighted by molar-refractivity contribution is 7.99. The summed E-state index contributed by atoms with van der Waals surface area (Å²) in [5.74, 6) is 1.94. The first kappa shape index (κ1) is 17.8. The van der Waals surface area contributed by atoms with Crippen molar-refractivity contribution in [2.24, 2.45) is 17.8 Å². The number of aliphatic carboxylic acids is 1. The summed E-state index contributed by atoms with van der Waals surface area (Å²) in [4.78, 5) is 13.2. The number of hydrogen-bond acceptors (Lipinski definition) is 3. The van der Waals surface area contributed by atoms with E-state index < -0.39 is 12.0 Å². The molecule has 4 heteroatoms. The first-order chi connectivity index (χ1) is 11.7. The summed E-state index contributed by atoms with van der Waals surface area (Å²) in [6, 6.07) is 8.07. The first-order valence-corrected chi connectivity index (χ1v) is 10.4. The Kier molecular flexibility index (Phi) is 6.23. The lowest BCUT2D eigenvalue weighted by Gasteiger charge is -2.45. The second-order valence-electron chi connectivity index (χ2n) is 7.24. The second kappa shape index (κ2) is 8.39. The molecular weight excluding hydrogens is 318 g/mol. The molecule has 1 atom stereocenters. The Hall–Kier alpha value is -1.00. The van der Waals surface area contributed by atoms with Gasteiger partial charge in [0.25, 0.3) is 0 Å². The fourth-order valence-corrected chi connectivity index (χ4v) is 4.85. The molecule has 0 bridgehead atoms. The number of hydrogen-bond donors (Lipinski definition) is 2. The van der Waals surface area contributed by atoms with Gasteiger partial charge < -0.3 is 10.4 Å². The Balaban J connectivity index is 1.66. The number of carboxylic acids is 1. The van der Waals surface area contributed by atoms with E-state index >= 15 is 0 Å². The van der Waals surface area contributed by atoms with E-state index in [-0.39, 0.29) is 0 Å². The van der Waals surface area contributed by atoms with E-state index in [1.165, 1.54) is 49.0 Å². The van der Waals surface area contributed by atoms with Gasteiger partial charge in [0.2, 0.25) is 0 Å². The molecule has 3 rings (SSSR count). The van der Waals surface area contributed by atoms with Crippen molar-refractivity contribution in [1.82, 2.24) is 5.32 Å². The molecule has 0 amide bonds. The Morgan fingerprint density at radius 1 is 1.25 bits per heavy atom. The minimum Gasteiger partial charge on any atom is -0.480 e. The highest BCUT2D eigenvalue weighted by Gasteiger charge is 2.43. The molecule has 0 aliphatic heterocycles. The standard InChI is InChI=1S/C20H29NO2S/c1-2-24-17-11-3-6-14(12-17)13-21-19(20(22)23)18(15-7-4-8-15)16-9-5-10-16/h3,6,11-12,15-16,18-19,21H,2,4-5,7-10,13H2,1H3,(H,22,23). The molecule has 2 fully saturated rings. The molecule has 0 spiro atoms. The Bertz CT molecular complexity index is 540. The van der Waals surface area contributed by atoms with E-state index in [2.05, 4.69) is 36.5 Å². The smallest absolute Gasteiger partial charge is 0.321 e. The van der Waals surface area contributed by atoms with Crippen LogP contribution in [0.2, 0.25) is 0 Å². The maximum Gasteiger partial charge on any atom is 0.321 e. The lowest BCUT2D eigenvalue weighted by molar-refractivity contribution is -0.143. The van der Waals surface area contributed by atoms with E-state index in [1.54, 1.807) is 0 Å². The summed E-state index contributed by atoms with van der Waals surface area (Å²) in [5, 5.41) is 13.2. The minimum absolute atomic E-state index is 0.318. The number of benzene rings is 1. The quantitative estimate of drug-likeness (QED) is 0.643. The molecule has 0 saturated heterocycles. The molecule has 3 nitrogen and oxygen atoms in total. The van der Waals surface area contributed by atoms with Gasteiger partial charge in [-0.1, -0.05) is 57.6 Å². The van der Waals surface area contributed by atoms with Crippen LogP contribution in [0.15, 0.2) is 29.2 Å². The van der Waals surface area contributed by atoms with Crippen molar-refractivity contribution in [3.8, 4) is 0 Å². The van der Waals surface area contributed by atoms with Gasteiger partial charge in [-0.3, -0.25) is 4.79 Å². The van der Waals surface area contributed by atoms with E-state index in [9.17, 15) is 9.90 Å². The first-order valence-electron chi connectivity index (χ1n) is 9.37. The van der Waals surface area contributed by atoms with Gasteiger partial charge in [0.15, 0.2) is 0 Å². The molecule has 1 aromatic rings. The molecular formula is C20H29NO2S. The van der Waals surface area contributed by atoms with Crippen LogP contribution in [0.5, 0.6) is 0 Å². The largest absolute Gasteiger partial charge is 0.480 e. The maximum absolute atomic E-state index is 12.0. The van der Waals surface area contributed by atoms with Gasteiger partial charge in [0.05, 0.1) is 0 Å². The minimum atomic E-state index is -0.669. The predicted molar refractivity (Wildman–Crippen MR) is 99.3 cm³/mol. The van der Waals surface area contributed by atoms with Crippen LogP contribution in [0.1, 0.15) is 51.0 Å². The van der Waals surface area contributed by atoms with Crippen LogP contribution < -0.4 is 5.32 Å². The third-order valence-electron chi connectivity index (χ3n) is 5.77. The van der Waals surface area contributed by atoms with E-state index in [0.717, 1.165) is 5.75 Å². The molecule has 132 valence electrons. The molecule has 1 unspecified atom stereocenters. The van der Waals surface area contributed by atoms with Crippen molar-refractivity contribution in [3.63, 3.8) is 0 Å². The third kappa shape index (κ3) is 4.15. The summed E-state index contributed by atoms with van der Waals surface area (Å²) in [6.45, 7) is 2.79. The normalized spacial score (nSPS) is 19.8. The molecule has 2 N–H and O–H groups in total. The van der Waals surface area contributed by atoms with Gasteiger partial charge >= 0.3 is 5.97 Å². The van der Waals surface area contributed by atoms with Crippen LogP contribution in [-0.2, 0) is 11.3 Å². The van der Waals surface area contributed by atoms with Crippen molar-refractivity contribution in [2.45, 2.75) is 62.9 Å². The van der Waals surface area contributed by atoms with Crippen LogP contribution in [0, 0.1) is 17.8 Å². The van der Waals surface area contributed by atoms with Crippen molar-refractivity contribution < 1.29 is 9.90 Å². The number of thioether (sulfide) groups is 1. The molecule has 2 aliphatic carbocycles. The van der Waals surface area contributed by atoms with Gasteiger partial charge in [0.1, 0.15) is 6.04 Å². The van der Waals surface area contributed by atoms with Crippen LogP contribution in [0.25, 0.3) is 0 Å². The van der Waals surface area contributed by atoms with Gasteiger partial charge in [-0.05, 0) is 41.2 Å². The third-order valence-corrected chi connectivity index (χ3v) is 6.65. The topological polar surface area (TPSA) is 49.3 Å². The number of carboxylic acid groups (broad SMARTS) is 1. The van der Waals surface area contributed by atoms with Crippen LogP contribution in [0.4, 0.5) is 0 Å². The summed E-state index contributed by atoms with van der Waals surface area (Å²) in [6.07, 6.45) is 7.42. The average molecular weight is 348 g/mol. The summed E-state index contributed by atoms with van der Waals surface area (Å²) in [7, 11) is 0. The van der Waals surface area contributed by atoms with Crippen molar-refractivity contribution in [3.05, 3.63) is 29.8 Å². The van der Waals surface area contributed by atoms with Crippen molar-refractivity contribution in [2.75, 3.05) is 5.75 Å². The second-order valence-corrected chi connectivity index (χ2v) is 8.57. The summed E-state index contributed by atoms with van der Waals surface area (Å²) in [5.41, 5.74) is 1.18. The van der Waals surface area contributed by atoms with Gasteiger partial charge in [-0.15, -0.1) is 11.8 Å². The van der Waals surface area contributed by atoms with Gasteiger partial charge in [0, 0.05) is 11.4 Å². The molecule has 2 saturated carbocycles. The lowest BCUT2D eigenvalue weighted by atomic mass is 9.62. The van der Waals surface area contributed by atoms with Crippen LogP contribution >= 0.6 is 11.8 Å². The van der Waals surface area contributed by atoms with E-state index in [0.29, 0.717) is 24.3 Å². The number of carbonyl (C=O) groups is 1. The highest BCUT2D eigenvalue weighted by atomic mass is 32.2. The average Bonchev–Trinajstić information content (AvgIpc) is 2.44. The maximum atomic E-state index is 12.0. The zero-order valence-electron chi connectivity index (χ0n) is 14.5. The fourth-order valence-electron chi connectivity index (χ4n) is 4.11. The molecule has 0 aromatic heterocycles. The number of rotatable bonds is 9. The van der Waals surface area contributed by atoms with Gasteiger partial charge in [-0.2, -0.15) is 0 Å². The van der Waals surface area contributed by atoms with Crippen LogP contribution in [0.3, 0.4) is 0 Å².